The third-order valence-corrected chi connectivity index (χ3v) is 5.24. The first kappa shape index (κ1) is 18.4. The molecule has 0 bridgehead atoms. The lowest BCUT2D eigenvalue weighted by Crippen LogP contribution is -2.53. The number of hydrogen-bond acceptors (Lipinski definition) is 6. The molecule has 3 aliphatic heterocycles. The topological polar surface area (TPSA) is 66.5 Å². The molecular weight excluding hydrogens is 350 g/mol. The van der Waals surface area contributed by atoms with Gasteiger partial charge in [0.1, 0.15) is 24.1 Å². The number of rotatable bonds is 4. The molecular formula is C20H25NO6. The van der Waals surface area contributed by atoms with Crippen molar-refractivity contribution in [3.05, 3.63) is 36.4 Å². The van der Waals surface area contributed by atoms with Crippen molar-refractivity contribution in [1.82, 2.24) is 0 Å². The van der Waals surface area contributed by atoms with Gasteiger partial charge in [-0.1, -0.05) is 6.08 Å². The number of ether oxygens (including phenoxy) is 5. The van der Waals surface area contributed by atoms with E-state index in [1.807, 2.05) is 44.2 Å². The van der Waals surface area contributed by atoms with Gasteiger partial charge in [-0.05, 0) is 50.6 Å². The molecule has 7 heteroatoms. The van der Waals surface area contributed by atoms with Gasteiger partial charge < -0.3 is 28.6 Å². The lowest BCUT2D eigenvalue weighted by molar-refractivity contribution is -0.218. The molecule has 3 heterocycles. The van der Waals surface area contributed by atoms with Crippen molar-refractivity contribution < 1.29 is 28.5 Å². The van der Waals surface area contributed by atoms with Gasteiger partial charge in [-0.25, -0.2) is 0 Å². The maximum Gasteiger partial charge on any atom is 0.251 e. The number of benzene rings is 1. The molecule has 4 rings (SSSR count). The fourth-order valence-corrected chi connectivity index (χ4v) is 4.08. The lowest BCUT2D eigenvalue weighted by Gasteiger charge is -2.38. The monoisotopic (exact) mass is 375 g/mol. The summed E-state index contributed by atoms with van der Waals surface area (Å²) in [5.41, 5.74) is 0.785. The molecule has 0 saturated carbocycles. The van der Waals surface area contributed by atoms with Gasteiger partial charge >= 0.3 is 0 Å². The summed E-state index contributed by atoms with van der Waals surface area (Å²) in [6.07, 6.45) is 2.60. The fourth-order valence-electron chi connectivity index (χ4n) is 4.08. The quantitative estimate of drug-likeness (QED) is 0.804. The molecule has 7 nitrogen and oxygen atoms in total. The third-order valence-electron chi connectivity index (χ3n) is 5.24. The number of anilines is 1. The van der Waals surface area contributed by atoms with Gasteiger partial charge in [0.05, 0.1) is 13.2 Å². The van der Waals surface area contributed by atoms with Crippen LogP contribution in [0.25, 0.3) is 0 Å². The molecule has 0 aromatic heterocycles. The van der Waals surface area contributed by atoms with Crippen molar-refractivity contribution in [2.45, 2.75) is 56.7 Å². The Morgan fingerprint density at radius 2 is 1.85 bits per heavy atom. The molecule has 2 fully saturated rings. The molecule has 0 spiro atoms. The van der Waals surface area contributed by atoms with Crippen molar-refractivity contribution in [1.29, 1.82) is 0 Å². The van der Waals surface area contributed by atoms with Crippen LogP contribution in [0.5, 0.6) is 5.75 Å². The number of carbonyl (C=O) groups excluding carboxylic acids is 1. The first-order chi connectivity index (χ1) is 12.9. The Labute approximate surface area is 158 Å². The predicted molar refractivity (Wildman–Crippen MR) is 97.5 cm³/mol. The molecule has 0 unspecified atom stereocenters. The highest BCUT2D eigenvalue weighted by molar-refractivity contribution is 6.03. The third kappa shape index (κ3) is 3.25. The van der Waals surface area contributed by atoms with Crippen molar-refractivity contribution in [3.63, 3.8) is 0 Å². The summed E-state index contributed by atoms with van der Waals surface area (Å²) >= 11 is 0. The average molecular weight is 375 g/mol. The first-order valence-corrected chi connectivity index (χ1v) is 9.11. The number of fused-ring (bicyclic) bond motifs is 1. The second kappa shape index (κ2) is 6.91. The molecule has 2 saturated heterocycles. The van der Waals surface area contributed by atoms with Gasteiger partial charge in [0, 0.05) is 12.8 Å². The Bertz CT molecular complexity index is 730. The van der Waals surface area contributed by atoms with Crippen LogP contribution in [-0.2, 0) is 23.7 Å². The van der Waals surface area contributed by atoms with Crippen LogP contribution in [0.2, 0.25) is 0 Å². The van der Waals surface area contributed by atoms with E-state index in [-0.39, 0.29) is 30.3 Å². The van der Waals surface area contributed by atoms with Crippen molar-refractivity contribution in [3.8, 4) is 5.75 Å². The van der Waals surface area contributed by atoms with Crippen molar-refractivity contribution >= 4 is 11.6 Å². The summed E-state index contributed by atoms with van der Waals surface area (Å²) in [7, 11) is 3.25. The molecule has 146 valence electrons. The highest BCUT2D eigenvalue weighted by Crippen LogP contribution is 2.41. The van der Waals surface area contributed by atoms with Gasteiger partial charge in [0.25, 0.3) is 5.91 Å². The molecule has 0 N–H and O–H groups in total. The SMILES string of the molecule is COc1ccc(N2C(=O)C=CC[C@H]2[C@H]2O[C@@H]3OC(C)(C)O[C@@H]3[C@H]2OC)cc1. The first-order valence-electron chi connectivity index (χ1n) is 9.11. The smallest absolute Gasteiger partial charge is 0.251 e. The number of carbonyl (C=O) groups is 1. The Morgan fingerprint density at radius 1 is 1.11 bits per heavy atom. The van der Waals surface area contributed by atoms with E-state index in [0.29, 0.717) is 6.42 Å². The maximum absolute atomic E-state index is 12.7. The van der Waals surface area contributed by atoms with E-state index >= 15 is 0 Å². The molecule has 27 heavy (non-hydrogen) atoms. The minimum atomic E-state index is -0.713. The largest absolute Gasteiger partial charge is 0.497 e. The molecule has 1 aromatic carbocycles. The van der Waals surface area contributed by atoms with Crippen LogP contribution in [0.3, 0.4) is 0 Å². The summed E-state index contributed by atoms with van der Waals surface area (Å²) in [6.45, 7) is 3.71. The Kier molecular flexibility index (Phi) is 4.71. The van der Waals surface area contributed by atoms with Crippen LogP contribution in [0.1, 0.15) is 20.3 Å². The van der Waals surface area contributed by atoms with Crippen LogP contribution >= 0.6 is 0 Å². The van der Waals surface area contributed by atoms with E-state index in [4.69, 9.17) is 23.7 Å². The van der Waals surface area contributed by atoms with E-state index in [9.17, 15) is 4.79 Å². The molecule has 0 aliphatic carbocycles. The Balaban J connectivity index is 1.62. The van der Waals surface area contributed by atoms with Gasteiger partial charge in [0.15, 0.2) is 12.1 Å². The van der Waals surface area contributed by atoms with E-state index in [1.54, 1.807) is 25.2 Å². The summed E-state index contributed by atoms with van der Waals surface area (Å²) in [5, 5.41) is 0. The Hall–Kier alpha value is -1.93. The highest BCUT2D eigenvalue weighted by atomic mass is 16.8. The van der Waals surface area contributed by atoms with Crippen LogP contribution in [0.15, 0.2) is 36.4 Å². The lowest BCUT2D eigenvalue weighted by atomic mass is 9.95. The highest BCUT2D eigenvalue weighted by Gasteiger charge is 2.58. The number of hydrogen-bond donors (Lipinski definition) is 0. The van der Waals surface area contributed by atoms with E-state index in [2.05, 4.69) is 0 Å². The zero-order valence-electron chi connectivity index (χ0n) is 16.0. The summed E-state index contributed by atoms with van der Waals surface area (Å²) in [6, 6.07) is 7.20. The van der Waals surface area contributed by atoms with Crippen molar-refractivity contribution in [2.24, 2.45) is 0 Å². The van der Waals surface area contributed by atoms with E-state index < -0.39 is 12.1 Å². The van der Waals surface area contributed by atoms with Gasteiger partial charge in [-0.3, -0.25) is 4.79 Å². The number of methoxy groups -OCH3 is 2. The molecule has 0 radical (unpaired) electrons. The maximum atomic E-state index is 12.7. The van der Waals surface area contributed by atoms with Crippen LogP contribution < -0.4 is 9.64 Å². The predicted octanol–water partition coefficient (Wildman–Crippen LogP) is 2.25. The normalized spacial score (nSPS) is 34.7. The Morgan fingerprint density at radius 3 is 2.52 bits per heavy atom. The molecule has 1 amide bonds. The second-order valence-corrected chi connectivity index (χ2v) is 7.38. The second-order valence-electron chi connectivity index (χ2n) is 7.38. The van der Waals surface area contributed by atoms with E-state index in [0.717, 1.165) is 11.4 Å². The zero-order chi connectivity index (χ0) is 19.2. The summed E-state index contributed by atoms with van der Waals surface area (Å²) in [5.74, 6) is -0.0652. The van der Waals surface area contributed by atoms with Crippen LogP contribution in [0.4, 0.5) is 5.69 Å². The molecule has 3 aliphatic rings. The molecule has 5 atom stereocenters. The van der Waals surface area contributed by atoms with Crippen LogP contribution in [0, 0.1) is 0 Å². The van der Waals surface area contributed by atoms with Crippen LogP contribution in [-0.4, -0.2) is 56.6 Å². The zero-order valence-corrected chi connectivity index (χ0v) is 16.0. The molecule has 1 aromatic rings. The van der Waals surface area contributed by atoms with E-state index in [1.165, 1.54) is 0 Å². The number of nitrogens with zero attached hydrogens (tertiary/aromatic N) is 1. The van der Waals surface area contributed by atoms with Gasteiger partial charge in [-0.15, -0.1) is 0 Å². The van der Waals surface area contributed by atoms with Gasteiger partial charge in [0.2, 0.25) is 0 Å². The standard InChI is InChI=1S/C20H25NO6/c1-20(2)26-18-17(24-4)16(25-19(18)27-20)14-6-5-7-15(22)21(14)12-8-10-13(23-3)11-9-12/h5,7-11,14,16-19H,6H2,1-4H3/t14-,16+,17-,18+,19+/m0/s1. The fraction of sp³-hybridized carbons (Fsp3) is 0.550. The minimum absolute atomic E-state index is 0.0888. The number of amides is 1. The summed E-state index contributed by atoms with van der Waals surface area (Å²) in [4.78, 5) is 14.5. The minimum Gasteiger partial charge on any atom is -0.497 e. The van der Waals surface area contributed by atoms with Gasteiger partial charge in [-0.2, -0.15) is 0 Å². The summed E-state index contributed by atoms with van der Waals surface area (Å²) < 4.78 is 29.0. The average Bonchev–Trinajstić information content (AvgIpc) is 3.12. The van der Waals surface area contributed by atoms with Crippen molar-refractivity contribution in [2.75, 3.05) is 19.1 Å².